The SMILES string of the molecule is CN1CCC[C@@H]1C(=O)N1CCc2c(c3ccc(-n4ccc(OCc5ccccc5)cc4=O)cc3n2C)C1.Cl. The number of hydrogen-bond donors (Lipinski definition) is 0. The molecule has 8 heteroatoms. The highest BCUT2D eigenvalue weighted by Gasteiger charge is 2.34. The molecule has 0 unspecified atom stereocenters. The van der Waals surface area contributed by atoms with Crippen LogP contribution in [0.5, 0.6) is 5.75 Å². The Bertz CT molecular complexity index is 1530. The Balaban J connectivity index is 0.00000294. The van der Waals surface area contributed by atoms with E-state index in [2.05, 4.69) is 28.6 Å². The second kappa shape index (κ2) is 10.7. The minimum absolute atomic E-state index is 0. The molecular formula is C30H33ClN4O3. The lowest BCUT2D eigenvalue weighted by Crippen LogP contribution is -2.46. The van der Waals surface area contributed by atoms with E-state index in [1.54, 1.807) is 10.8 Å². The number of ether oxygens (including phenoxy) is 1. The Morgan fingerprint density at radius 1 is 1.03 bits per heavy atom. The molecule has 1 saturated heterocycles. The molecule has 1 amide bonds. The first-order valence-corrected chi connectivity index (χ1v) is 13.0. The molecule has 0 bridgehead atoms. The van der Waals surface area contributed by atoms with Crippen LogP contribution >= 0.6 is 12.4 Å². The van der Waals surface area contributed by atoms with Gasteiger partial charge in [-0.05, 0) is 50.2 Å². The fourth-order valence-electron chi connectivity index (χ4n) is 5.84. The van der Waals surface area contributed by atoms with Crippen molar-refractivity contribution < 1.29 is 9.53 Å². The summed E-state index contributed by atoms with van der Waals surface area (Å²) in [4.78, 5) is 30.4. The maximum Gasteiger partial charge on any atom is 0.258 e. The number of likely N-dealkylation sites (N-methyl/N-ethyl adjacent to an activating group) is 1. The highest BCUT2D eigenvalue weighted by atomic mass is 35.5. The van der Waals surface area contributed by atoms with Gasteiger partial charge in [0.2, 0.25) is 5.91 Å². The lowest BCUT2D eigenvalue weighted by Gasteiger charge is -2.32. The number of nitrogens with zero attached hydrogens (tertiary/aromatic N) is 4. The van der Waals surface area contributed by atoms with E-state index in [1.807, 2.05) is 54.4 Å². The number of benzene rings is 2. The van der Waals surface area contributed by atoms with Gasteiger partial charge in [0, 0.05) is 55.5 Å². The number of aromatic nitrogens is 2. The predicted octanol–water partition coefficient (Wildman–Crippen LogP) is 4.31. The smallest absolute Gasteiger partial charge is 0.258 e. The number of hydrogen-bond acceptors (Lipinski definition) is 4. The van der Waals surface area contributed by atoms with Crippen molar-refractivity contribution in [1.82, 2.24) is 18.9 Å². The summed E-state index contributed by atoms with van der Waals surface area (Å²) < 4.78 is 9.70. The Labute approximate surface area is 228 Å². The van der Waals surface area contributed by atoms with Crippen molar-refractivity contribution in [1.29, 1.82) is 0 Å². The Morgan fingerprint density at radius 2 is 1.84 bits per heavy atom. The number of carbonyl (C=O) groups is 1. The Kier molecular flexibility index (Phi) is 7.32. The zero-order chi connectivity index (χ0) is 25.5. The van der Waals surface area contributed by atoms with Crippen LogP contribution < -0.4 is 10.3 Å². The summed E-state index contributed by atoms with van der Waals surface area (Å²) in [5, 5.41) is 1.15. The lowest BCUT2D eigenvalue weighted by atomic mass is 10.0. The number of halogens is 1. The number of rotatable bonds is 5. The van der Waals surface area contributed by atoms with E-state index < -0.39 is 0 Å². The summed E-state index contributed by atoms with van der Waals surface area (Å²) in [5.41, 5.74) is 5.30. The summed E-state index contributed by atoms with van der Waals surface area (Å²) in [6.07, 6.45) is 4.64. The maximum atomic E-state index is 13.2. The molecule has 4 heterocycles. The van der Waals surface area contributed by atoms with Crippen LogP contribution in [0.1, 0.15) is 29.7 Å². The number of likely N-dealkylation sites (tertiary alicyclic amines) is 1. The molecule has 198 valence electrons. The van der Waals surface area contributed by atoms with Gasteiger partial charge in [-0.3, -0.25) is 19.1 Å². The van der Waals surface area contributed by atoms with E-state index in [4.69, 9.17) is 4.74 Å². The van der Waals surface area contributed by atoms with Gasteiger partial charge in [-0.1, -0.05) is 36.4 Å². The van der Waals surface area contributed by atoms with Gasteiger partial charge in [-0.2, -0.15) is 0 Å². The van der Waals surface area contributed by atoms with Crippen molar-refractivity contribution in [3.05, 3.63) is 94.0 Å². The normalized spacial score (nSPS) is 17.3. The van der Waals surface area contributed by atoms with Crippen molar-refractivity contribution in [2.75, 3.05) is 20.1 Å². The third-order valence-corrected chi connectivity index (χ3v) is 7.92. The molecule has 4 aromatic rings. The van der Waals surface area contributed by atoms with Gasteiger partial charge in [-0.25, -0.2) is 0 Å². The summed E-state index contributed by atoms with van der Waals surface area (Å²) >= 11 is 0. The molecule has 0 aliphatic carbocycles. The average Bonchev–Trinajstić information content (AvgIpc) is 3.48. The average molecular weight is 533 g/mol. The van der Waals surface area contributed by atoms with E-state index in [9.17, 15) is 9.59 Å². The van der Waals surface area contributed by atoms with Crippen LogP contribution in [0.25, 0.3) is 16.6 Å². The molecule has 38 heavy (non-hydrogen) atoms. The molecular weight excluding hydrogens is 500 g/mol. The molecule has 6 rings (SSSR count). The third-order valence-electron chi connectivity index (χ3n) is 7.92. The topological polar surface area (TPSA) is 59.7 Å². The minimum atomic E-state index is -0.138. The molecule has 2 aliphatic rings. The Hall–Kier alpha value is -3.55. The summed E-state index contributed by atoms with van der Waals surface area (Å²) in [5.74, 6) is 0.804. The zero-order valence-electron chi connectivity index (χ0n) is 21.8. The fraction of sp³-hybridized carbons (Fsp3) is 0.333. The molecule has 0 radical (unpaired) electrons. The number of fused-ring (bicyclic) bond motifs is 3. The van der Waals surface area contributed by atoms with Crippen molar-refractivity contribution in [2.45, 2.75) is 38.5 Å². The summed E-state index contributed by atoms with van der Waals surface area (Å²) in [6.45, 7) is 2.80. The first kappa shape index (κ1) is 26.1. The van der Waals surface area contributed by atoms with Gasteiger partial charge in [-0.15, -0.1) is 12.4 Å². The van der Waals surface area contributed by atoms with Crippen LogP contribution in [0.3, 0.4) is 0 Å². The quantitative estimate of drug-likeness (QED) is 0.384. The fourth-order valence-corrected chi connectivity index (χ4v) is 5.84. The standard InChI is InChI=1S/C30H32N4O3.ClH/c1-31-14-6-9-27(31)30(36)33-15-13-26-25(19-33)24-11-10-22(17-28(24)32(26)2)34-16-12-23(18-29(34)35)37-20-21-7-4-3-5-8-21;/h3-5,7-8,10-12,16-18,27H,6,9,13-15,19-20H2,1-2H3;1H/t27-;/m1./s1. The second-order valence-electron chi connectivity index (χ2n) is 10.2. The second-order valence-corrected chi connectivity index (χ2v) is 10.2. The van der Waals surface area contributed by atoms with E-state index in [1.165, 1.54) is 17.3 Å². The summed E-state index contributed by atoms with van der Waals surface area (Å²) in [7, 11) is 4.13. The largest absolute Gasteiger partial charge is 0.489 e. The van der Waals surface area contributed by atoms with Gasteiger partial charge in [0.1, 0.15) is 12.4 Å². The van der Waals surface area contributed by atoms with Gasteiger partial charge < -0.3 is 14.2 Å². The number of aryl methyl sites for hydroxylation is 1. The highest BCUT2D eigenvalue weighted by Crippen LogP contribution is 2.32. The first-order valence-electron chi connectivity index (χ1n) is 13.0. The van der Waals surface area contributed by atoms with Crippen molar-refractivity contribution in [3.8, 4) is 11.4 Å². The molecule has 0 saturated carbocycles. The van der Waals surface area contributed by atoms with E-state index in [0.717, 1.165) is 54.5 Å². The monoisotopic (exact) mass is 532 g/mol. The van der Waals surface area contributed by atoms with Crippen LogP contribution in [-0.2, 0) is 31.4 Å². The molecule has 2 aliphatic heterocycles. The minimum Gasteiger partial charge on any atom is -0.489 e. The van der Waals surface area contributed by atoms with Crippen molar-refractivity contribution in [3.63, 3.8) is 0 Å². The van der Waals surface area contributed by atoms with Gasteiger partial charge in [0.05, 0.1) is 17.2 Å². The van der Waals surface area contributed by atoms with Crippen molar-refractivity contribution >= 4 is 29.2 Å². The Morgan fingerprint density at radius 3 is 2.58 bits per heavy atom. The lowest BCUT2D eigenvalue weighted by molar-refractivity contribution is -0.136. The molecule has 7 nitrogen and oxygen atoms in total. The number of pyridine rings is 1. The highest BCUT2D eigenvalue weighted by molar-refractivity contribution is 5.89. The number of amides is 1. The van der Waals surface area contributed by atoms with Gasteiger partial charge >= 0.3 is 0 Å². The van der Waals surface area contributed by atoms with Gasteiger partial charge in [0.15, 0.2) is 0 Å². The third kappa shape index (κ3) is 4.72. The van der Waals surface area contributed by atoms with E-state index in [-0.39, 0.29) is 29.9 Å². The van der Waals surface area contributed by atoms with Crippen LogP contribution in [0, 0.1) is 0 Å². The van der Waals surface area contributed by atoms with Crippen LogP contribution in [0.4, 0.5) is 0 Å². The van der Waals surface area contributed by atoms with Crippen LogP contribution in [0.15, 0.2) is 71.7 Å². The summed E-state index contributed by atoms with van der Waals surface area (Å²) in [6, 6.07) is 19.4. The van der Waals surface area contributed by atoms with Crippen molar-refractivity contribution in [2.24, 2.45) is 7.05 Å². The molecule has 0 N–H and O–H groups in total. The molecule has 0 spiro atoms. The van der Waals surface area contributed by atoms with E-state index >= 15 is 0 Å². The van der Waals surface area contributed by atoms with Crippen LogP contribution in [-0.4, -0.2) is 51.0 Å². The van der Waals surface area contributed by atoms with E-state index in [0.29, 0.717) is 18.9 Å². The molecule has 2 aromatic heterocycles. The van der Waals surface area contributed by atoms with Crippen LogP contribution in [0.2, 0.25) is 0 Å². The molecule has 1 atom stereocenters. The predicted molar refractivity (Wildman–Crippen MR) is 151 cm³/mol. The van der Waals surface area contributed by atoms with Gasteiger partial charge in [0.25, 0.3) is 5.56 Å². The first-order chi connectivity index (χ1) is 18.0. The molecule has 1 fully saturated rings. The number of carbonyl (C=O) groups excluding carboxylic acids is 1. The zero-order valence-corrected chi connectivity index (χ0v) is 22.6. The molecule has 2 aromatic carbocycles. The maximum absolute atomic E-state index is 13.2.